The molecule has 2 aromatic heterocycles. The van der Waals surface area contributed by atoms with Gasteiger partial charge in [-0.05, 0) is 37.2 Å². The van der Waals surface area contributed by atoms with Gasteiger partial charge < -0.3 is 9.84 Å². The Labute approximate surface area is 142 Å². The van der Waals surface area contributed by atoms with Crippen molar-refractivity contribution in [2.24, 2.45) is 18.4 Å². The molecule has 0 saturated heterocycles. The number of nitrogens with zero attached hydrogens (tertiary/aromatic N) is 3. The lowest BCUT2D eigenvalue weighted by atomic mass is 9.71. The van der Waals surface area contributed by atoms with Crippen molar-refractivity contribution < 1.29 is 9.32 Å². The fourth-order valence-electron chi connectivity index (χ4n) is 3.30. The smallest absolute Gasteiger partial charge is 0.274 e. The molecule has 0 bridgehead atoms. The van der Waals surface area contributed by atoms with Crippen molar-refractivity contribution in [2.45, 2.75) is 53.5 Å². The van der Waals surface area contributed by atoms with Gasteiger partial charge in [0.15, 0.2) is 5.69 Å². The molecule has 0 radical (unpaired) electrons. The van der Waals surface area contributed by atoms with Crippen molar-refractivity contribution in [2.75, 3.05) is 0 Å². The highest BCUT2D eigenvalue weighted by Gasteiger charge is 2.34. The van der Waals surface area contributed by atoms with Gasteiger partial charge in [0.2, 0.25) is 0 Å². The quantitative estimate of drug-likeness (QED) is 0.939. The highest BCUT2D eigenvalue weighted by Crippen LogP contribution is 2.38. The minimum Gasteiger partial charge on any atom is -0.360 e. The molecule has 0 aromatic carbocycles. The van der Waals surface area contributed by atoms with Crippen LogP contribution in [0.3, 0.4) is 0 Å². The molecule has 1 aliphatic rings. The van der Waals surface area contributed by atoms with E-state index in [0.29, 0.717) is 18.2 Å². The summed E-state index contributed by atoms with van der Waals surface area (Å²) in [5, 5.41) is 11.3. The van der Waals surface area contributed by atoms with E-state index in [-0.39, 0.29) is 11.3 Å². The topological polar surface area (TPSA) is 73.0 Å². The van der Waals surface area contributed by atoms with E-state index in [9.17, 15) is 4.79 Å². The van der Waals surface area contributed by atoms with Gasteiger partial charge >= 0.3 is 0 Å². The maximum Gasteiger partial charge on any atom is 0.274 e. The summed E-state index contributed by atoms with van der Waals surface area (Å²) in [5.74, 6) is 1.22. The maximum atomic E-state index is 12.5. The second-order valence-electron chi connectivity index (χ2n) is 7.82. The molecule has 0 saturated carbocycles. The molecule has 0 aliphatic heterocycles. The van der Waals surface area contributed by atoms with Gasteiger partial charge in [-0.3, -0.25) is 9.48 Å². The lowest BCUT2D eigenvalue weighted by Crippen LogP contribution is -2.29. The Morgan fingerprint density at radius 3 is 2.83 bits per heavy atom. The normalized spacial score (nSPS) is 17.6. The molecule has 1 aliphatic carbocycles. The summed E-state index contributed by atoms with van der Waals surface area (Å²) in [6.45, 7) is 9.13. The van der Waals surface area contributed by atoms with E-state index in [4.69, 9.17) is 4.52 Å². The fourth-order valence-corrected chi connectivity index (χ4v) is 3.30. The van der Waals surface area contributed by atoms with Gasteiger partial charge in [-0.2, -0.15) is 5.10 Å². The number of carbonyl (C=O) groups excluding carboxylic acids is 1. The third-order valence-electron chi connectivity index (χ3n) is 5.07. The minimum absolute atomic E-state index is 0.183. The first-order chi connectivity index (χ1) is 11.3. The lowest BCUT2D eigenvalue weighted by molar-refractivity contribution is 0.0940. The average Bonchev–Trinajstić information content (AvgIpc) is 3.07. The molecule has 2 aromatic rings. The van der Waals surface area contributed by atoms with Crippen LogP contribution >= 0.6 is 0 Å². The number of fused-ring (bicyclic) bond motifs is 1. The molecule has 1 atom stereocenters. The van der Waals surface area contributed by atoms with Gasteiger partial charge in [-0.1, -0.05) is 25.9 Å². The molecular formula is C18H26N4O2. The van der Waals surface area contributed by atoms with Gasteiger partial charge in [-0.15, -0.1) is 0 Å². The standard InChI is InChI=1S/C18H26N4O2/c1-11-8-13(20-22(11)5)10-19-17(23)16-14-9-12(18(2,3)4)6-7-15(14)24-21-16/h8,12H,6-7,9-10H2,1-5H3,(H,19,23). The first-order valence-corrected chi connectivity index (χ1v) is 8.51. The number of rotatable bonds is 3. The van der Waals surface area contributed by atoms with Crippen LogP contribution in [0.5, 0.6) is 0 Å². The monoisotopic (exact) mass is 330 g/mol. The second kappa shape index (κ2) is 6.07. The zero-order valence-corrected chi connectivity index (χ0v) is 15.1. The van der Waals surface area contributed by atoms with Crippen LogP contribution in [0, 0.1) is 18.3 Å². The van der Waals surface area contributed by atoms with Gasteiger partial charge in [0.1, 0.15) is 5.76 Å². The van der Waals surface area contributed by atoms with Crippen LogP contribution in [0.4, 0.5) is 0 Å². The van der Waals surface area contributed by atoms with E-state index >= 15 is 0 Å². The van der Waals surface area contributed by atoms with Crippen LogP contribution in [0.25, 0.3) is 0 Å². The first-order valence-electron chi connectivity index (χ1n) is 8.51. The Kier molecular flexibility index (Phi) is 4.24. The predicted octanol–water partition coefficient (Wildman–Crippen LogP) is 2.80. The zero-order chi connectivity index (χ0) is 17.5. The van der Waals surface area contributed by atoms with Crippen LogP contribution in [0.15, 0.2) is 10.6 Å². The molecular weight excluding hydrogens is 304 g/mol. The Bertz CT molecular complexity index is 732. The van der Waals surface area contributed by atoms with E-state index in [0.717, 1.165) is 42.0 Å². The SMILES string of the molecule is Cc1cc(CNC(=O)c2noc3c2CC(C(C)(C)C)CC3)nn1C. The van der Waals surface area contributed by atoms with Crippen molar-refractivity contribution in [3.05, 3.63) is 34.5 Å². The molecule has 0 fully saturated rings. The second-order valence-corrected chi connectivity index (χ2v) is 7.82. The average molecular weight is 330 g/mol. The molecule has 24 heavy (non-hydrogen) atoms. The number of nitrogens with one attached hydrogen (secondary N) is 1. The highest BCUT2D eigenvalue weighted by molar-refractivity contribution is 5.93. The van der Waals surface area contributed by atoms with Gasteiger partial charge in [0.25, 0.3) is 5.91 Å². The molecule has 1 N–H and O–H groups in total. The molecule has 1 amide bonds. The molecule has 130 valence electrons. The van der Waals surface area contributed by atoms with Gasteiger partial charge in [0.05, 0.1) is 12.2 Å². The van der Waals surface area contributed by atoms with Crippen molar-refractivity contribution in [3.8, 4) is 0 Å². The molecule has 3 rings (SSSR count). The summed E-state index contributed by atoms with van der Waals surface area (Å²) in [6, 6.07) is 1.97. The number of aromatic nitrogens is 3. The molecule has 6 nitrogen and oxygen atoms in total. The third-order valence-corrected chi connectivity index (χ3v) is 5.07. The summed E-state index contributed by atoms with van der Waals surface area (Å²) in [7, 11) is 1.89. The van der Waals surface area contributed by atoms with E-state index in [1.165, 1.54) is 0 Å². The third kappa shape index (κ3) is 3.23. The fraction of sp³-hybridized carbons (Fsp3) is 0.611. The van der Waals surface area contributed by atoms with Gasteiger partial charge in [0, 0.05) is 24.7 Å². The minimum atomic E-state index is -0.183. The summed E-state index contributed by atoms with van der Waals surface area (Å²) >= 11 is 0. The van der Waals surface area contributed by atoms with Crippen LogP contribution in [0.2, 0.25) is 0 Å². The molecule has 6 heteroatoms. The molecule has 1 unspecified atom stereocenters. The first kappa shape index (κ1) is 16.7. The number of amides is 1. The van der Waals surface area contributed by atoms with Crippen molar-refractivity contribution in [1.82, 2.24) is 20.3 Å². The van der Waals surface area contributed by atoms with Crippen LogP contribution in [-0.2, 0) is 26.4 Å². The van der Waals surface area contributed by atoms with Crippen molar-refractivity contribution >= 4 is 5.91 Å². The number of hydrogen-bond acceptors (Lipinski definition) is 4. The molecule has 2 heterocycles. The summed E-state index contributed by atoms with van der Waals surface area (Å²) < 4.78 is 7.21. The summed E-state index contributed by atoms with van der Waals surface area (Å²) in [6.07, 6.45) is 2.80. The van der Waals surface area contributed by atoms with Gasteiger partial charge in [-0.25, -0.2) is 0 Å². The maximum absolute atomic E-state index is 12.5. The zero-order valence-electron chi connectivity index (χ0n) is 15.1. The number of hydrogen-bond donors (Lipinski definition) is 1. The van der Waals surface area contributed by atoms with E-state index in [1.54, 1.807) is 4.68 Å². The lowest BCUT2D eigenvalue weighted by Gasteiger charge is -2.33. The Balaban J connectivity index is 1.71. The number of aryl methyl sites for hydroxylation is 3. The van der Waals surface area contributed by atoms with Crippen LogP contribution in [0.1, 0.15) is 60.4 Å². The summed E-state index contributed by atoms with van der Waals surface area (Å²) in [5.41, 5.74) is 3.54. The Morgan fingerprint density at radius 2 is 2.21 bits per heavy atom. The van der Waals surface area contributed by atoms with Crippen molar-refractivity contribution in [3.63, 3.8) is 0 Å². The Morgan fingerprint density at radius 1 is 1.46 bits per heavy atom. The van der Waals surface area contributed by atoms with Crippen LogP contribution < -0.4 is 5.32 Å². The highest BCUT2D eigenvalue weighted by atomic mass is 16.5. The Hall–Kier alpha value is -2.11. The van der Waals surface area contributed by atoms with E-state index < -0.39 is 0 Å². The molecule has 0 spiro atoms. The van der Waals surface area contributed by atoms with Crippen LogP contribution in [-0.4, -0.2) is 20.8 Å². The van der Waals surface area contributed by atoms with E-state index in [1.807, 2.05) is 20.0 Å². The number of carbonyl (C=O) groups is 1. The predicted molar refractivity (Wildman–Crippen MR) is 90.6 cm³/mol. The van der Waals surface area contributed by atoms with Crippen molar-refractivity contribution in [1.29, 1.82) is 0 Å². The van der Waals surface area contributed by atoms with E-state index in [2.05, 4.69) is 36.3 Å². The summed E-state index contributed by atoms with van der Waals surface area (Å²) in [4.78, 5) is 12.5. The largest absolute Gasteiger partial charge is 0.360 e.